The van der Waals surface area contributed by atoms with Gasteiger partial charge in [-0.1, -0.05) is 13.8 Å². The molecule has 2 N–H and O–H groups in total. The van der Waals surface area contributed by atoms with Gasteiger partial charge in [0.1, 0.15) is 5.82 Å². The zero-order valence-corrected chi connectivity index (χ0v) is 10.0. The van der Waals surface area contributed by atoms with E-state index in [1.54, 1.807) is 13.3 Å². The Bertz CT molecular complexity index is 329. The van der Waals surface area contributed by atoms with Crippen molar-refractivity contribution in [3.05, 3.63) is 17.7 Å². The Morgan fingerprint density at radius 2 is 2.25 bits per heavy atom. The van der Waals surface area contributed by atoms with Crippen LogP contribution in [-0.2, 0) is 11.3 Å². The summed E-state index contributed by atoms with van der Waals surface area (Å²) in [6, 6.07) is 0. The van der Waals surface area contributed by atoms with Gasteiger partial charge in [0.25, 0.3) is 0 Å². The van der Waals surface area contributed by atoms with Crippen LogP contribution in [-0.4, -0.2) is 35.3 Å². The highest BCUT2D eigenvalue weighted by molar-refractivity contribution is 5.45. The second-order valence-electron chi connectivity index (χ2n) is 3.82. The molecule has 16 heavy (non-hydrogen) atoms. The van der Waals surface area contributed by atoms with Crippen molar-refractivity contribution in [2.75, 3.05) is 25.6 Å². The molecule has 1 aromatic heterocycles. The van der Waals surface area contributed by atoms with Gasteiger partial charge in [-0.3, -0.25) is 0 Å². The minimum atomic E-state index is -0.0858. The number of aliphatic hydroxyl groups is 1. The fraction of sp³-hybridized carbons (Fsp3) is 0.636. The van der Waals surface area contributed by atoms with Crippen molar-refractivity contribution < 1.29 is 9.84 Å². The number of rotatable bonds is 6. The average molecular weight is 225 g/mol. The summed E-state index contributed by atoms with van der Waals surface area (Å²) in [6.45, 7) is 5.24. The maximum atomic E-state index is 9.22. The molecule has 0 fully saturated rings. The predicted molar refractivity (Wildman–Crippen MR) is 62.4 cm³/mol. The summed E-state index contributed by atoms with van der Waals surface area (Å²) >= 11 is 0. The molecule has 0 spiro atoms. The molecule has 0 aliphatic heterocycles. The Balaban J connectivity index is 2.76. The Hall–Kier alpha value is -1.20. The lowest BCUT2D eigenvalue weighted by atomic mass is 10.2. The number of ether oxygens (including phenoxy) is 1. The van der Waals surface area contributed by atoms with Gasteiger partial charge >= 0.3 is 0 Å². The SMILES string of the molecule is COCCNc1cnc(C(C)C)nc1CO. The first-order valence-electron chi connectivity index (χ1n) is 5.38. The van der Waals surface area contributed by atoms with Gasteiger partial charge in [-0.2, -0.15) is 0 Å². The molecular weight excluding hydrogens is 206 g/mol. The molecule has 0 aromatic carbocycles. The third kappa shape index (κ3) is 3.43. The van der Waals surface area contributed by atoms with Gasteiger partial charge in [0.05, 0.1) is 30.8 Å². The number of hydrogen-bond donors (Lipinski definition) is 2. The summed E-state index contributed by atoms with van der Waals surface area (Å²) in [5.41, 5.74) is 1.40. The van der Waals surface area contributed by atoms with E-state index in [1.807, 2.05) is 13.8 Å². The molecule has 0 bridgehead atoms. The predicted octanol–water partition coefficient (Wildman–Crippen LogP) is 1.15. The van der Waals surface area contributed by atoms with Gasteiger partial charge < -0.3 is 15.2 Å². The number of nitrogens with one attached hydrogen (secondary N) is 1. The molecule has 90 valence electrons. The van der Waals surface area contributed by atoms with Gasteiger partial charge in [0, 0.05) is 19.6 Å². The number of hydrogen-bond acceptors (Lipinski definition) is 5. The Morgan fingerprint density at radius 1 is 1.50 bits per heavy atom. The molecule has 5 heteroatoms. The van der Waals surface area contributed by atoms with Crippen LogP contribution in [0.15, 0.2) is 6.20 Å². The van der Waals surface area contributed by atoms with Crippen molar-refractivity contribution >= 4 is 5.69 Å². The van der Waals surface area contributed by atoms with Crippen molar-refractivity contribution in [2.45, 2.75) is 26.4 Å². The lowest BCUT2D eigenvalue weighted by Crippen LogP contribution is -2.12. The van der Waals surface area contributed by atoms with E-state index in [1.165, 1.54) is 0 Å². The summed E-state index contributed by atoms with van der Waals surface area (Å²) in [5.74, 6) is 1.01. The number of anilines is 1. The molecule has 0 aliphatic carbocycles. The van der Waals surface area contributed by atoms with Crippen LogP contribution < -0.4 is 5.32 Å². The van der Waals surface area contributed by atoms with Gasteiger partial charge in [0.15, 0.2) is 0 Å². The van der Waals surface area contributed by atoms with Crippen molar-refractivity contribution in [1.82, 2.24) is 9.97 Å². The van der Waals surface area contributed by atoms with Crippen LogP contribution in [0.1, 0.15) is 31.3 Å². The highest BCUT2D eigenvalue weighted by atomic mass is 16.5. The summed E-state index contributed by atoms with van der Waals surface area (Å²) in [6.07, 6.45) is 1.71. The van der Waals surface area contributed by atoms with Gasteiger partial charge in [-0.25, -0.2) is 9.97 Å². The van der Waals surface area contributed by atoms with Crippen molar-refractivity contribution in [2.24, 2.45) is 0 Å². The maximum Gasteiger partial charge on any atom is 0.131 e. The normalized spacial score (nSPS) is 10.8. The van der Waals surface area contributed by atoms with E-state index in [-0.39, 0.29) is 12.5 Å². The maximum absolute atomic E-state index is 9.22. The van der Waals surface area contributed by atoms with Crippen molar-refractivity contribution in [3.8, 4) is 0 Å². The molecule has 0 saturated carbocycles. The number of aliphatic hydroxyl groups excluding tert-OH is 1. The summed E-state index contributed by atoms with van der Waals surface area (Å²) in [4.78, 5) is 8.55. The molecule has 1 aromatic rings. The van der Waals surface area contributed by atoms with E-state index in [2.05, 4.69) is 15.3 Å². The third-order valence-electron chi connectivity index (χ3n) is 2.17. The number of methoxy groups -OCH3 is 1. The lowest BCUT2D eigenvalue weighted by Gasteiger charge is -2.11. The fourth-order valence-electron chi connectivity index (χ4n) is 1.27. The van der Waals surface area contributed by atoms with Crippen LogP contribution in [0.3, 0.4) is 0 Å². The van der Waals surface area contributed by atoms with Crippen LogP contribution in [0.2, 0.25) is 0 Å². The molecule has 1 rings (SSSR count). The first kappa shape index (κ1) is 12.9. The van der Waals surface area contributed by atoms with E-state index in [4.69, 9.17) is 4.74 Å². The van der Waals surface area contributed by atoms with E-state index in [0.717, 1.165) is 11.5 Å². The second-order valence-corrected chi connectivity index (χ2v) is 3.82. The first-order chi connectivity index (χ1) is 7.69. The topological polar surface area (TPSA) is 67.3 Å². The van der Waals surface area contributed by atoms with Crippen LogP contribution in [0, 0.1) is 0 Å². The first-order valence-corrected chi connectivity index (χ1v) is 5.38. The summed E-state index contributed by atoms with van der Waals surface area (Å²) in [5, 5.41) is 12.3. The molecule has 0 radical (unpaired) electrons. The van der Waals surface area contributed by atoms with Crippen LogP contribution in [0.25, 0.3) is 0 Å². The van der Waals surface area contributed by atoms with Gasteiger partial charge in [-0.15, -0.1) is 0 Å². The smallest absolute Gasteiger partial charge is 0.131 e. The molecular formula is C11H19N3O2. The molecule has 0 unspecified atom stereocenters. The van der Waals surface area contributed by atoms with E-state index in [0.29, 0.717) is 18.8 Å². The molecule has 0 aliphatic rings. The van der Waals surface area contributed by atoms with Gasteiger partial charge in [0.2, 0.25) is 0 Å². The third-order valence-corrected chi connectivity index (χ3v) is 2.17. The van der Waals surface area contributed by atoms with E-state index in [9.17, 15) is 5.11 Å². The lowest BCUT2D eigenvalue weighted by molar-refractivity contribution is 0.210. The molecule has 0 saturated heterocycles. The minimum absolute atomic E-state index is 0.0858. The van der Waals surface area contributed by atoms with Crippen LogP contribution in [0.5, 0.6) is 0 Å². The highest BCUT2D eigenvalue weighted by Gasteiger charge is 2.08. The number of nitrogens with zero attached hydrogens (tertiary/aromatic N) is 2. The molecule has 0 atom stereocenters. The minimum Gasteiger partial charge on any atom is -0.390 e. The Labute approximate surface area is 95.9 Å². The van der Waals surface area contributed by atoms with E-state index < -0.39 is 0 Å². The summed E-state index contributed by atoms with van der Waals surface area (Å²) in [7, 11) is 1.65. The monoisotopic (exact) mass is 225 g/mol. The van der Waals surface area contributed by atoms with Gasteiger partial charge in [-0.05, 0) is 0 Å². The molecule has 5 nitrogen and oxygen atoms in total. The Morgan fingerprint density at radius 3 is 2.81 bits per heavy atom. The zero-order valence-electron chi connectivity index (χ0n) is 10.0. The van der Waals surface area contributed by atoms with E-state index >= 15 is 0 Å². The standard InChI is InChI=1S/C11H19N3O2/c1-8(2)11-13-6-9(10(7-15)14-11)12-4-5-16-3/h6,8,12,15H,4-5,7H2,1-3H3. The second kappa shape index (κ2) is 6.40. The summed E-state index contributed by atoms with van der Waals surface area (Å²) < 4.78 is 4.93. The highest BCUT2D eigenvalue weighted by Crippen LogP contribution is 2.15. The van der Waals surface area contributed by atoms with Crippen molar-refractivity contribution in [3.63, 3.8) is 0 Å². The van der Waals surface area contributed by atoms with Crippen LogP contribution in [0.4, 0.5) is 5.69 Å². The largest absolute Gasteiger partial charge is 0.390 e. The fourth-order valence-corrected chi connectivity index (χ4v) is 1.27. The van der Waals surface area contributed by atoms with Crippen molar-refractivity contribution in [1.29, 1.82) is 0 Å². The Kier molecular flexibility index (Phi) is 5.14. The zero-order chi connectivity index (χ0) is 12.0. The quantitative estimate of drug-likeness (QED) is 0.711. The number of aromatic nitrogens is 2. The molecule has 0 amide bonds. The average Bonchev–Trinajstić information content (AvgIpc) is 2.29. The molecule has 1 heterocycles. The van der Waals surface area contributed by atoms with Crippen LogP contribution >= 0.6 is 0 Å².